The van der Waals surface area contributed by atoms with Gasteiger partial charge >= 0.3 is 6.18 Å². The maximum Gasteiger partial charge on any atom is 0.416 e. The smallest absolute Gasteiger partial charge is 0.416 e. The number of halogens is 3. The van der Waals surface area contributed by atoms with Crippen molar-refractivity contribution >= 4 is 5.57 Å². The first-order valence-corrected chi connectivity index (χ1v) is 9.48. The van der Waals surface area contributed by atoms with Gasteiger partial charge in [0.05, 0.1) is 5.57 Å². The second kappa shape index (κ2) is 8.53. The van der Waals surface area contributed by atoms with E-state index in [4.69, 9.17) is 14.2 Å². The highest BCUT2D eigenvalue weighted by molar-refractivity contribution is 5.71. The summed E-state index contributed by atoms with van der Waals surface area (Å²) >= 11 is 0. The Bertz CT molecular complexity index is 1040. The van der Waals surface area contributed by atoms with Gasteiger partial charge in [0.1, 0.15) is 11.5 Å². The van der Waals surface area contributed by atoms with Crippen molar-refractivity contribution in [3.8, 4) is 23.0 Å². The first-order valence-electron chi connectivity index (χ1n) is 9.48. The van der Waals surface area contributed by atoms with Crippen LogP contribution in [0.1, 0.15) is 17.5 Å². The van der Waals surface area contributed by atoms with Gasteiger partial charge in [-0.15, -0.1) is 0 Å². The van der Waals surface area contributed by atoms with Crippen LogP contribution >= 0.6 is 0 Å². The van der Waals surface area contributed by atoms with Crippen molar-refractivity contribution in [2.75, 3.05) is 6.79 Å². The molecule has 0 N–H and O–H groups in total. The van der Waals surface area contributed by atoms with Crippen LogP contribution in [0.5, 0.6) is 23.0 Å². The van der Waals surface area contributed by atoms with Gasteiger partial charge in [0, 0.05) is 0 Å². The lowest BCUT2D eigenvalue weighted by Crippen LogP contribution is -2.11. The predicted octanol–water partition coefficient (Wildman–Crippen LogP) is 6.79. The van der Waals surface area contributed by atoms with Crippen LogP contribution < -0.4 is 14.2 Å². The number of alkyl halides is 3. The average Bonchev–Trinajstić information content (AvgIpc) is 3.19. The van der Waals surface area contributed by atoms with Crippen molar-refractivity contribution in [1.82, 2.24) is 0 Å². The molecule has 0 aromatic heterocycles. The third kappa shape index (κ3) is 4.76. The molecule has 3 nitrogen and oxygen atoms in total. The molecule has 0 atom stereocenters. The van der Waals surface area contributed by atoms with E-state index in [2.05, 4.69) is 0 Å². The maximum atomic E-state index is 13.6. The van der Waals surface area contributed by atoms with E-state index >= 15 is 0 Å². The van der Waals surface area contributed by atoms with Crippen LogP contribution in [0.3, 0.4) is 0 Å². The minimum atomic E-state index is -4.47. The van der Waals surface area contributed by atoms with Crippen LogP contribution in [-0.4, -0.2) is 13.0 Å². The molecule has 0 spiro atoms. The second-order valence-electron chi connectivity index (χ2n) is 6.78. The molecule has 154 valence electrons. The molecule has 1 aliphatic heterocycles. The number of para-hydroxylation sites is 1. The maximum absolute atomic E-state index is 13.6. The van der Waals surface area contributed by atoms with E-state index in [-0.39, 0.29) is 18.8 Å². The highest BCUT2D eigenvalue weighted by atomic mass is 19.4. The fourth-order valence-electron chi connectivity index (χ4n) is 3.23. The summed E-state index contributed by atoms with van der Waals surface area (Å²) in [5, 5.41) is 0. The number of hydrogen-bond acceptors (Lipinski definition) is 3. The molecular weight excluding hydrogens is 393 g/mol. The van der Waals surface area contributed by atoms with Gasteiger partial charge in [-0.3, -0.25) is 0 Å². The molecular formula is C24H19F3O3. The van der Waals surface area contributed by atoms with Crippen LogP contribution in [0.15, 0.2) is 78.9 Å². The van der Waals surface area contributed by atoms with Crippen LogP contribution in [0.2, 0.25) is 0 Å². The molecule has 1 aliphatic rings. The average molecular weight is 412 g/mol. The fourth-order valence-corrected chi connectivity index (χ4v) is 3.23. The van der Waals surface area contributed by atoms with Gasteiger partial charge in [0.25, 0.3) is 0 Å². The Morgan fingerprint density at radius 2 is 1.63 bits per heavy atom. The molecule has 6 heteroatoms. The first kappa shape index (κ1) is 19.9. The molecule has 0 bridgehead atoms. The number of fused-ring (bicyclic) bond motifs is 1. The number of aryl methyl sites for hydroxylation is 1. The van der Waals surface area contributed by atoms with Gasteiger partial charge in [-0.2, -0.15) is 13.2 Å². The predicted molar refractivity (Wildman–Crippen MR) is 108 cm³/mol. The van der Waals surface area contributed by atoms with Crippen LogP contribution in [0.25, 0.3) is 5.57 Å². The normalized spacial score (nSPS) is 13.4. The van der Waals surface area contributed by atoms with Gasteiger partial charge in [-0.25, -0.2) is 0 Å². The molecule has 3 aromatic rings. The van der Waals surface area contributed by atoms with Gasteiger partial charge in [-0.1, -0.05) is 42.5 Å². The first-order chi connectivity index (χ1) is 14.5. The molecule has 0 radical (unpaired) electrons. The summed E-state index contributed by atoms with van der Waals surface area (Å²) in [6, 6.07) is 21.0. The molecule has 3 aromatic carbocycles. The van der Waals surface area contributed by atoms with Gasteiger partial charge in [-0.05, 0) is 60.4 Å². The summed E-state index contributed by atoms with van der Waals surface area (Å²) < 4.78 is 57.1. The van der Waals surface area contributed by atoms with E-state index in [0.29, 0.717) is 29.4 Å². The molecule has 0 fully saturated rings. The van der Waals surface area contributed by atoms with Crippen molar-refractivity contribution in [2.45, 2.75) is 19.0 Å². The fraction of sp³-hybridized carbons (Fsp3) is 0.167. The summed E-state index contributed by atoms with van der Waals surface area (Å²) in [5.41, 5.74) is 0.275. The Morgan fingerprint density at radius 3 is 2.43 bits per heavy atom. The number of ether oxygens (including phenoxy) is 3. The van der Waals surface area contributed by atoms with Crippen LogP contribution in [0, 0.1) is 0 Å². The summed E-state index contributed by atoms with van der Waals surface area (Å²) in [4.78, 5) is 0. The SMILES string of the molecule is FC(F)(F)C(=CCCc1cccc(Oc2ccccc2)c1)c1ccc2c(c1)OCO2. The second-order valence-corrected chi connectivity index (χ2v) is 6.78. The summed E-state index contributed by atoms with van der Waals surface area (Å²) in [5.74, 6) is 2.13. The Kier molecular flexibility index (Phi) is 5.65. The number of hydrogen-bond donors (Lipinski definition) is 0. The summed E-state index contributed by atoms with van der Waals surface area (Å²) in [7, 11) is 0. The van der Waals surface area contributed by atoms with E-state index in [1.54, 1.807) is 0 Å². The zero-order valence-electron chi connectivity index (χ0n) is 16.0. The molecule has 0 saturated carbocycles. The van der Waals surface area contributed by atoms with E-state index in [1.165, 1.54) is 24.3 Å². The third-order valence-corrected chi connectivity index (χ3v) is 4.65. The molecule has 4 rings (SSSR count). The van der Waals surface area contributed by atoms with Gasteiger partial charge in [0.2, 0.25) is 6.79 Å². The lowest BCUT2D eigenvalue weighted by molar-refractivity contribution is -0.0690. The lowest BCUT2D eigenvalue weighted by atomic mass is 10.0. The number of allylic oxidation sites excluding steroid dienone is 2. The lowest BCUT2D eigenvalue weighted by Gasteiger charge is -2.13. The van der Waals surface area contributed by atoms with Crippen molar-refractivity contribution in [3.63, 3.8) is 0 Å². The molecule has 30 heavy (non-hydrogen) atoms. The van der Waals surface area contributed by atoms with E-state index in [0.717, 1.165) is 5.56 Å². The Morgan fingerprint density at radius 1 is 0.867 bits per heavy atom. The Balaban J connectivity index is 1.48. The van der Waals surface area contributed by atoms with Crippen LogP contribution in [-0.2, 0) is 6.42 Å². The number of benzene rings is 3. The molecule has 0 amide bonds. The van der Waals surface area contributed by atoms with Gasteiger partial charge in [0.15, 0.2) is 11.5 Å². The highest BCUT2D eigenvalue weighted by Crippen LogP contribution is 2.40. The van der Waals surface area contributed by atoms with E-state index < -0.39 is 11.7 Å². The summed E-state index contributed by atoms with van der Waals surface area (Å²) in [6.07, 6.45) is -2.55. The zero-order chi connectivity index (χ0) is 21.0. The van der Waals surface area contributed by atoms with E-state index in [9.17, 15) is 13.2 Å². The van der Waals surface area contributed by atoms with E-state index in [1.807, 2.05) is 54.6 Å². The number of rotatable bonds is 6. The molecule has 0 aliphatic carbocycles. The quantitative estimate of drug-likeness (QED) is 0.446. The van der Waals surface area contributed by atoms with Crippen molar-refractivity contribution in [3.05, 3.63) is 90.0 Å². The molecule has 0 unspecified atom stereocenters. The third-order valence-electron chi connectivity index (χ3n) is 4.65. The monoisotopic (exact) mass is 412 g/mol. The van der Waals surface area contributed by atoms with Crippen molar-refractivity contribution in [2.24, 2.45) is 0 Å². The molecule has 0 saturated heterocycles. The van der Waals surface area contributed by atoms with Crippen LogP contribution in [0.4, 0.5) is 13.2 Å². The highest BCUT2D eigenvalue weighted by Gasteiger charge is 2.35. The van der Waals surface area contributed by atoms with Crippen molar-refractivity contribution < 1.29 is 27.4 Å². The minimum absolute atomic E-state index is 0.0191. The van der Waals surface area contributed by atoms with Gasteiger partial charge < -0.3 is 14.2 Å². The standard InChI is InChI=1S/C24H19F3O3/c25-24(26,27)21(18-12-13-22-23(15-18)29-16-28-22)11-5-7-17-6-4-10-20(14-17)30-19-8-2-1-3-9-19/h1-4,6,8-15H,5,7,16H2. The molecule has 1 heterocycles. The zero-order valence-corrected chi connectivity index (χ0v) is 16.0. The minimum Gasteiger partial charge on any atom is -0.457 e. The largest absolute Gasteiger partial charge is 0.457 e. The Labute approximate surface area is 172 Å². The Hall–Kier alpha value is -3.41. The summed E-state index contributed by atoms with van der Waals surface area (Å²) in [6.45, 7) is 0.0191. The van der Waals surface area contributed by atoms with Crippen molar-refractivity contribution in [1.29, 1.82) is 0 Å². The topological polar surface area (TPSA) is 27.7 Å².